The van der Waals surface area contributed by atoms with E-state index in [4.69, 9.17) is 5.73 Å². The Morgan fingerprint density at radius 3 is 2.82 bits per heavy atom. The summed E-state index contributed by atoms with van der Waals surface area (Å²) in [5.41, 5.74) is 7.19. The average Bonchev–Trinajstić information content (AvgIpc) is 2.67. The fourth-order valence-corrected chi connectivity index (χ4v) is 5.77. The molecule has 1 aromatic heterocycles. The van der Waals surface area contributed by atoms with Crippen LogP contribution < -0.4 is 5.73 Å². The predicted octanol–water partition coefficient (Wildman–Crippen LogP) is 3.30. The van der Waals surface area contributed by atoms with Crippen molar-refractivity contribution < 1.29 is 4.79 Å². The Balaban J connectivity index is 1.51. The fourth-order valence-electron chi connectivity index (χ4n) is 5.77. The minimum atomic E-state index is 0.0278. The maximum absolute atomic E-state index is 13.3. The van der Waals surface area contributed by atoms with Crippen LogP contribution in [0.3, 0.4) is 0 Å². The number of piperidine rings is 3. The van der Waals surface area contributed by atoms with Gasteiger partial charge in [-0.1, -0.05) is 33.6 Å². The Morgan fingerprint density at radius 2 is 2.07 bits per heavy atom. The second-order valence-corrected chi connectivity index (χ2v) is 9.40. The summed E-state index contributed by atoms with van der Waals surface area (Å²) < 4.78 is 0. The Morgan fingerprint density at radius 1 is 1.25 bits per heavy atom. The largest absolute Gasteiger partial charge is 0.368 e. The SMILES string of the molecule is CCC[C@H]1CCC[C@H]2[C@@H]3C[C@@H](CN(C(=O)c4cc(C(C)C)nc(N)n4)C3)CN12. The van der Waals surface area contributed by atoms with Crippen molar-refractivity contribution in [1.82, 2.24) is 19.8 Å². The molecular weight excluding hydrogens is 350 g/mol. The number of nitrogens with two attached hydrogens (primary N) is 1. The van der Waals surface area contributed by atoms with E-state index in [0.717, 1.165) is 31.4 Å². The first kappa shape index (κ1) is 19.6. The minimum absolute atomic E-state index is 0.0278. The van der Waals surface area contributed by atoms with E-state index in [-0.39, 0.29) is 17.8 Å². The van der Waals surface area contributed by atoms with Gasteiger partial charge >= 0.3 is 0 Å². The minimum Gasteiger partial charge on any atom is -0.368 e. The molecular formula is C22H35N5O. The summed E-state index contributed by atoms with van der Waals surface area (Å²) in [5.74, 6) is 1.64. The molecule has 0 aliphatic carbocycles. The molecule has 3 fully saturated rings. The molecule has 4 atom stereocenters. The van der Waals surface area contributed by atoms with E-state index < -0.39 is 0 Å². The highest BCUT2D eigenvalue weighted by atomic mass is 16.2. The van der Waals surface area contributed by atoms with E-state index in [1.54, 1.807) is 0 Å². The molecule has 6 nitrogen and oxygen atoms in total. The van der Waals surface area contributed by atoms with Crippen molar-refractivity contribution in [3.63, 3.8) is 0 Å². The molecule has 154 valence electrons. The Hall–Kier alpha value is -1.69. The molecule has 0 spiro atoms. The predicted molar refractivity (Wildman–Crippen MR) is 111 cm³/mol. The van der Waals surface area contributed by atoms with Crippen LogP contribution in [0.5, 0.6) is 0 Å². The average molecular weight is 386 g/mol. The van der Waals surface area contributed by atoms with Gasteiger partial charge in [0.25, 0.3) is 5.91 Å². The maximum atomic E-state index is 13.3. The topological polar surface area (TPSA) is 75.3 Å². The first-order valence-corrected chi connectivity index (χ1v) is 11.2. The van der Waals surface area contributed by atoms with Crippen molar-refractivity contribution in [1.29, 1.82) is 0 Å². The Kier molecular flexibility index (Phi) is 5.59. The standard InChI is InChI=1S/C22H35N5O/c1-4-6-17-7-5-8-20-16-9-15(12-27(17)20)11-26(13-16)21(28)19-10-18(14(2)3)24-22(23)25-19/h10,14-17,20H,4-9,11-13H2,1-3H3,(H2,23,24,25)/t15-,16+,17-,20-/m0/s1. The zero-order valence-corrected chi connectivity index (χ0v) is 17.6. The summed E-state index contributed by atoms with van der Waals surface area (Å²) in [6.45, 7) is 9.28. The van der Waals surface area contributed by atoms with Gasteiger partial charge in [0.2, 0.25) is 5.95 Å². The zero-order chi connectivity index (χ0) is 19.8. The molecule has 3 aliphatic heterocycles. The summed E-state index contributed by atoms with van der Waals surface area (Å²) in [4.78, 5) is 26.7. The van der Waals surface area contributed by atoms with Gasteiger partial charge in [-0.05, 0) is 49.5 Å². The number of hydrogen-bond donors (Lipinski definition) is 1. The molecule has 0 unspecified atom stereocenters. The molecule has 0 aromatic carbocycles. The lowest BCUT2D eigenvalue weighted by Crippen LogP contribution is -2.62. The highest BCUT2D eigenvalue weighted by Crippen LogP contribution is 2.40. The van der Waals surface area contributed by atoms with Crippen LogP contribution >= 0.6 is 0 Å². The van der Waals surface area contributed by atoms with Crippen LogP contribution in [0.15, 0.2) is 6.07 Å². The summed E-state index contributed by atoms with van der Waals surface area (Å²) in [6, 6.07) is 3.24. The number of nitrogen functional groups attached to an aromatic ring is 1. The molecule has 2 bridgehead atoms. The zero-order valence-electron chi connectivity index (χ0n) is 17.6. The van der Waals surface area contributed by atoms with Crippen LogP contribution in [0.2, 0.25) is 0 Å². The quantitative estimate of drug-likeness (QED) is 0.861. The lowest BCUT2D eigenvalue weighted by molar-refractivity contribution is -0.0519. The molecule has 0 radical (unpaired) electrons. The van der Waals surface area contributed by atoms with Gasteiger partial charge in [-0.2, -0.15) is 0 Å². The van der Waals surface area contributed by atoms with Gasteiger partial charge in [-0.15, -0.1) is 0 Å². The van der Waals surface area contributed by atoms with Crippen molar-refractivity contribution in [3.05, 3.63) is 17.5 Å². The van der Waals surface area contributed by atoms with Crippen molar-refractivity contribution >= 4 is 11.9 Å². The first-order chi connectivity index (χ1) is 13.5. The molecule has 4 heterocycles. The number of anilines is 1. The number of fused-ring (bicyclic) bond motifs is 4. The van der Waals surface area contributed by atoms with Crippen molar-refractivity contribution in [2.24, 2.45) is 11.8 Å². The van der Waals surface area contributed by atoms with Gasteiger partial charge in [-0.3, -0.25) is 9.69 Å². The molecule has 6 heteroatoms. The van der Waals surface area contributed by atoms with E-state index in [2.05, 4.69) is 35.6 Å². The summed E-state index contributed by atoms with van der Waals surface area (Å²) in [6.07, 6.45) is 7.83. The van der Waals surface area contributed by atoms with Gasteiger partial charge < -0.3 is 10.6 Å². The highest BCUT2D eigenvalue weighted by molar-refractivity contribution is 5.92. The monoisotopic (exact) mass is 385 g/mol. The summed E-state index contributed by atoms with van der Waals surface area (Å²) >= 11 is 0. The van der Waals surface area contributed by atoms with Crippen molar-refractivity contribution in [2.45, 2.75) is 77.3 Å². The van der Waals surface area contributed by atoms with Gasteiger partial charge in [0.1, 0.15) is 5.69 Å². The van der Waals surface area contributed by atoms with E-state index in [9.17, 15) is 4.79 Å². The number of hydrogen-bond acceptors (Lipinski definition) is 5. The normalized spacial score (nSPS) is 30.4. The van der Waals surface area contributed by atoms with E-state index in [1.165, 1.54) is 38.5 Å². The maximum Gasteiger partial charge on any atom is 0.272 e. The number of aromatic nitrogens is 2. The number of carbonyl (C=O) groups is 1. The third-order valence-corrected chi connectivity index (χ3v) is 7.00. The molecule has 1 amide bonds. The van der Waals surface area contributed by atoms with Crippen LogP contribution in [-0.4, -0.2) is 57.4 Å². The Bertz CT molecular complexity index is 719. The summed E-state index contributed by atoms with van der Waals surface area (Å²) in [5, 5.41) is 0. The number of nitrogens with zero attached hydrogens (tertiary/aromatic N) is 4. The van der Waals surface area contributed by atoms with Crippen molar-refractivity contribution in [3.8, 4) is 0 Å². The molecule has 2 N–H and O–H groups in total. The molecule has 0 saturated carbocycles. The third-order valence-electron chi connectivity index (χ3n) is 7.00. The summed E-state index contributed by atoms with van der Waals surface area (Å²) in [7, 11) is 0. The van der Waals surface area contributed by atoms with E-state index >= 15 is 0 Å². The molecule has 28 heavy (non-hydrogen) atoms. The number of amides is 1. The molecule has 4 rings (SSSR count). The van der Waals surface area contributed by atoms with Gasteiger partial charge in [0.15, 0.2) is 0 Å². The first-order valence-electron chi connectivity index (χ1n) is 11.2. The Labute approximate surface area is 168 Å². The molecule has 1 aromatic rings. The van der Waals surface area contributed by atoms with Crippen LogP contribution in [0, 0.1) is 11.8 Å². The number of likely N-dealkylation sites (tertiary alicyclic amines) is 1. The van der Waals surface area contributed by atoms with Crippen LogP contribution in [0.25, 0.3) is 0 Å². The van der Waals surface area contributed by atoms with Crippen LogP contribution in [0.1, 0.15) is 81.4 Å². The molecule has 3 aliphatic rings. The van der Waals surface area contributed by atoms with Gasteiger partial charge in [0.05, 0.1) is 0 Å². The van der Waals surface area contributed by atoms with Crippen molar-refractivity contribution in [2.75, 3.05) is 25.4 Å². The fraction of sp³-hybridized carbons (Fsp3) is 0.773. The second kappa shape index (κ2) is 7.97. The van der Waals surface area contributed by atoms with E-state index in [1.807, 2.05) is 11.0 Å². The third kappa shape index (κ3) is 3.76. The smallest absolute Gasteiger partial charge is 0.272 e. The lowest BCUT2D eigenvalue weighted by Gasteiger charge is -2.55. The number of carbonyl (C=O) groups excluding carboxylic acids is 1. The van der Waals surface area contributed by atoms with Crippen LogP contribution in [-0.2, 0) is 0 Å². The molecule has 3 saturated heterocycles. The van der Waals surface area contributed by atoms with Gasteiger partial charge in [-0.25, -0.2) is 9.97 Å². The lowest BCUT2D eigenvalue weighted by atomic mass is 9.74. The van der Waals surface area contributed by atoms with Gasteiger partial charge in [0, 0.05) is 37.4 Å². The number of rotatable bonds is 4. The second-order valence-electron chi connectivity index (χ2n) is 9.40. The van der Waals surface area contributed by atoms with E-state index in [0.29, 0.717) is 23.6 Å². The van der Waals surface area contributed by atoms with Crippen LogP contribution in [0.4, 0.5) is 5.95 Å². The highest BCUT2D eigenvalue weighted by Gasteiger charge is 2.45.